The zero-order valence-corrected chi connectivity index (χ0v) is 17.2. The fraction of sp³-hybridized carbons (Fsp3) is 0.238. The van der Waals surface area contributed by atoms with Crippen LogP contribution in [0.5, 0.6) is 11.6 Å². The van der Waals surface area contributed by atoms with Gasteiger partial charge in [0.25, 0.3) is 0 Å². The van der Waals surface area contributed by atoms with Crippen LogP contribution in [0, 0.1) is 12.7 Å². The zero-order valence-electron chi connectivity index (χ0n) is 16.4. The van der Waals surface area contributed by atoms with Crippen LogP contribution in [0.15, 0.2) is 65.8 Å². The highest BCUT2D eigenvalue weighted by Crippen LogP contribution is 2.24. The summed E-state index contributed by atoms with van der Waals surface area (Å²) in [6, 6.07) is 14.2. The second kappa shape index (κ2) is 8.37. The predicted octanol–water partition coefficient (Wildman–Crippen LogP) is 3.23. The van der Waals surface area contributed by atoms with Crippen LogP contribution in [0.25, 0.3) is 0 Å². The molecular weight excluding hydrogens is 407 g/mol. The number of halogens is 1. The fourth-order valence-electron chi connectivity index (χ4n) is 3.20. The molecule has 0 unspecified atom stereocenters. The predicted molar refractivity (Wildman–Crippen MR) is 111 cm³/mol. The van der Waals surface area contributed by atoms with Gasteiger partial charge in [-0.05, 0) is 43.3 Å². The quantitative estimate of drug-likeness (QED) is 0.621. The van der Waals surface area contributed by atoms with Crippen LogP contribution in [0.4, 0.5) is 10.2 Å². The van der Waals surface area contributed by atoms with E-state index in [9.17, 15) is 12.8 Å². The van der Waals surface area contributed by atoms with E-state index >= 15 is 0 Å². The maximum atomic E-state index is 13.0. The van der Waals surface area contributed by atoms with Gasteiger partial charge in [-0.1, -0.05) is 17.7 Å². The van der Waals surface area contributed by atoms with E-state index in [2.05, 4.69) is 9.97 Å². The molecule has 0 saturated carbocycles. The molecule has 7 nitrogen and oxygen atoms in total. The van der Waals surface area contributed by atoms with Gasteiger partial charge < -0.3 is 9.64 Å². The van der Waals surface area contributed by atoms with Crippen molar-refractivity contribution in [3.8, 4) is 11.6 Å². The Morgan fingerprint density at radius 2 is 1.60 bits per heavy atom. The summed E-state index contributed by atoms with van der Waals surface area (Å²) in [7, 11) is -3.52. The summed E-state index contributed by atoms with van der Waals surface area (Å²) in [4.78, 5) is 10.7. The second-order valence-corrected chi connectivity index (χ2v) is 8.91. The molecule has 30 heavy (non-hydrogen) atoms. The Bertz CT molecular complexity index is 1110. The Balaban J connectivity index is 1.42. The first-order valence-corrected chi connectivity index (χ1v) is 10.9. The highest BCUT2D eigenvalue weighted by Gasteiger charge is 2.29. The van der Waals surface area contributed by atoms with Crippen molar-refractivity contribution in [3.63, 3.8) is 0 Å². The lowest BCUT2D eigenvalue weighted by Crippen LogP contribution is -2.48. The van der Waals surface area contributed by atoms with Gasteiger partial charge in [-0.2, -0.15) is 4.31 Å². The third-order valence-corrected chi connectivity index (χ3v) is 6.80. The molecule has 0 N–H and O–H groups in total. The van der Waals surface area contributed by atoms with Gasteiger partial charge >= 0.3 is 0 Å². The molecule has 1 aliphatic heterocycles. The van der Waals surface area contributed by atoms with E-state index in [1.807, 2.05) is 11.8 Å². The van der Waals surface area contributed by atoms with Crippen LogP contribution in [-0.2, 0) is 10.0 Å². The molecule has 3 aromatic rings. The third kappa shape index (κ3) is 4.42. The number of ether oxygens (including phenoxy) is 1. The number of benzene rings is 2. The lowest BCUT2D eigenvalue weighted by molar-refractivity contribution is 0.383. The van der Waals surface area contributed by atoms with Gasteiger partial charge in [0.2, 0.25) is 15.9 Å². The van der Waals surface area contributed by atoms with E-state index in [-0.39, 0.29) is 5.82 Å². The first-order valence-electron chi connectivity index (χ1n) is 9.49. The number of sulfonamides is 1. The van der Waals surface area contributed by atoms with E-state index in [1.165, 1.54) is 34.9 Å². The van der Waals surface area contributed by atoms with E-state index in [1.54, 1.807) is 30.3 Å². The van der Waals surface area contributed by atoms with Gasteiger partial charge in [-0.15, -0.1) is 0 Å². The first kappa shape index (κ1) is 20.2. The highest BCUT2D eigenvalue weighted by atomic mass is 32.2. The van der Waals surface area contributed by atoms with E-state index in [0.717, 1.165) is 5.56 Å². The summed E-state index contributed by atoms with van der Waals surface area (Å²) in [5.74, 6) is 1.11. The lowest BCUT2D eigenvalue weighted by atomic mass is 10.2. The highest BCUT2D eigenvalue weighted by molar-refractivity contribution is 7.89. The molecule has 2 heterocycles. The topological polar surface area (TPSA) is 75.6 Å². The lowest BCUT2D eigenvalue weighted by Gasteiger charge is -2.34. The molecule has 0 atom stereocenters. The molecule has 0 bridgehead atoms. The van der Waals surface area contributed by atoms with Crippen LogP contribution in [0.2, 0.25) is 0 Å². The first-order chi connectivity index (χ1) is 14.4. The van der Waals surface area contributed by atoms with Gasteiger partial charge in [0.1, 0.15) is 23.7 Å². The van der Waals surface area contributed by atoms with E-state index in [0.29, 0.717) is 48.5 Å². The number of hydrogen-bond donors (Lipinski definition) is 0. The molecular formula is C21H21FN4O3S. The Labute approximate surface area is 174 Å². The van der Waals surface area contributed by atoms with Gasteiger partial charge in [-0.3, -0.25) is 0 Å². The van der Waals surface area contributed by atoms with Gasteiger partial charge in [-0.25, -0.2) is 22.8 Å². The monoisotopic (exact) mass is 428 g/mol. The van der Waals surface area contributed by atoms with Crippen molar-refractivity contribution >= 4 is 15.8 Å². The van der Waals surface area contributed by atoms with Crippen molar-refractivity contribution in [1.29, 1.82) is 0 Å². The zero-order chi connectivity index (χ0) is 21.1. The van der Waals surface area contributed by atoms with Crippen LogP contribution in [-0.4, -0.2) is 48.9 Å². The maximum absolute atomic E-state index is 13.0. The Hall–Kier alpha value is -3.04. The Morgan fingerprint density at radius 1 is 0.933 bits per heavy atom. The number of nitrogens with zero attached hydrogens (tertiary/aromatic N) is 4. The molecule has 2 aromatic carbocycles. The molecule has 156 valence electrons. The molecule has 1 fully saturated rings. The van der Waals surface area contributed by atoms with Crippen molar-refractivity contribution in [2.75, 3.05) is 31.1 Å². The summed E-state index contributed by atoms with van der Waals surface area (Å²) >= 11 is 0. The summed E-state index contributed by atoms with van der Waals surface area (Å²) in [6.45, 7) is 3.63. The molecule has 1 aliphatic rings. The third-order valence-electron chi connectivity index (χ3n) is 4.89. The number of aryl methyl sites for hydroxylation is 1. The Morgan fingerprint density at radius 3 is 2.27 bits per heavy atom. The fourth-order valence-corrected chi connectivity index (χ4v) is 4.62. The maximum Gasteiger partial charge on any atom is 0.243 e. The molecule has 1 aromatic heterocycles. The van der Waals surface area contributed by atoms with Crippen LogP contribution in [0.3, 0.4) is 0 Å². The van der Waals surface area contributed by atoms with Crippen LogP contribution in [0.1, 0.15) is 5.56 Å². The average Bonchev–Trinajstić information content (AvgIpc) is 2.76. The molecule has 0 amide bonds. The largest absolute Gasteiger partial charge is 0.439 e. The van der Waals surface area contributed by atoms with Crippen molar-refractivity contribution in [2.24, 2.45) is 0 Å². The average molecular weight is 428 g/mol. The van der Waals surface area contributed by atoms with Gasteiger partial charge in [0.15, 0.2) is 0 Å². The Kier molecular flexibility index (Phi) is 5.65. The van der Waals surface area contributed by atoms with Crippen molar-refractivity contribution in [3.05, 3.63) is 72.3 Å². The minimum Gasteiger partial charge on any atom is -0.439 e. The standard InChI is InChI=1S/C21H21FN4O3S/c1-16-2-8-19(9-3-16)30(27,28)26-12-10-25(11-13-26)20-14-21(24-15-23-20)29-18-6-4-17(22)5-7-18/h2-9,14-15H,10-13H2,1H3. The van der Waals surface area contributed by atoms with Gasteiger partial charge in [0, 0.05) is 32.2 Å². The molecule has 0 radical (unpaired) electrons. The number of anilines is 1. The van der Waals surface area contributed by atoms with Crippen molar-refractivity contribution < 1.29 is 17.5 Å². The summed E-state index contributed by atoms with van der Waals surface area (Å²) in [6.07, 6.45) is 1.39. The summed E-state index contributed by atoms with van der Waals surface area (Å²) < 4.78 is 45.9. The van der Waals surface area contributed by atoms with Crippen LogP contribution < -0.4 is 9.64 Å². The minimum absolute atomic E-state index is 0.304. The normalized spacial score (nSPS) is 15.2. The van der Waals surface area contributed by atoms with E-state index in [4.69, 9.17) is 4.74 Å². The molecule has 1 saturated heterocycles. The second-order valence-electron chi connectivity index (χ2n) is 6.97. The summed E-state index contributed by atoms with van der Waals surface area (Å²) in [5, 5.41) is 0. The number of hydrogen-bond acceptors (Lipinski definition) is 6. The van der Waals surface area contributed by atoms with Gasteiger partial charge in [0.05, 0.1) is 4.90 Å². The van der Waals surface area contributed by atoms with Crippen molar-refractivity contribution in [1.82, 2.24) is 14.3 Å². The summed E-state index contributed by atoms with van der Waals surface area (Å²) in [5.41, 5.74) is 1.01. The van der Waals surface area contributed by atoms with Crippen LogP contribution >= 0.6 is 0 Å². The minimum atomic E-state index is -3.52. The molecule has 4 rings (SSSR count). The van der Waals surface area contributed by atoms with E-state index < -0.39 is 10.0 Å². The SMILES string of the molecule is Cc1ccc(S(=O)(=O)N2CCN(c3cc(Oc4ccc(F)cc4)ncn3)CC2)cc1. The molecule has 9 heteroatoms. The number of aromatic nitrogens is 2. The molecule has 0 aliphatic carbocycles. The number of piperazine rings is 1. The van der Waals surface area contributed by atoms with Crippen molar-refractivity contribution in [2.45, 2.75) is 11.8 Å². The number of rotatable bonds is 5. The smallest absolute Gasteiger partial charge is 0.243 e. The molecule has 0 spiro atoms.